The van der Waals surface area contributed by atoms with Crippen molar-refractivity contribution in [2.75, 3.05) is 13.2 Å². The van der Waals surface area contributed by atoms with Gasteiger partial charge in [-0.15, -0.1) is 0 Å². The number of allylic oxidation sites excluding steroid dienone is 2. The molecule has 0 aromatic heterocycles. The van der Waals surface area contributed by atoms with Crippen molar-refractivity contribution in [3.8, 4) is 0 Å². The average Bonchev–Trinajstić information content (AvgIpc) is 3.10. The van der Waals surface area contributed by atoms with E-state index in [1.807, 2.05) is 13.0 Å². The SMILES string of the molecule is CCCCCCCCCCCCCCCCCCOC(=O)C1CC=CC(C)C1C(=O)OCCCCCCCCCCCCCCCCCC. The fourth-order valence-electron chi connectivity index (χ4n) is 7.54. The summed E-state index contributed by atoms with van der Waals surface area (Å²) in [4.78, 5) is 26.0. The van der Waals surface area contributed by atoms with Crippen LogP contribution in [0.2, 0.25) is 0 Å². The minimum absolute atomic E-state index is 0.000134. The minimum atomic E-state index is -0.427. The van der Waals surface area contributed by atoms with Crippen LogP contribution in [0.5, 0.6) is 0 Å². The van der Waals surface area contributed by atoms with E-state index < -0.39 is 11.8 Å². The molecule has 0 aliphatic heterocycles. The summed E-state index contributed by atoms with van der Waals surface area (Å²) >= 11 is 0. The lowest BCUT2D eigenvalue weighted by atomic mass is 9.76. The Morgan fingerprint density at radius 1 is 0.449 bits per heavy atom. The summed E-state index contributed by atoms with van der Waals surface area (Å²) in [6.45, 7) is 7.52. The molecule has 0 heterocycles. The Morgan fingerprint density at radius 3 is 1.06 bits per heavy atom. The van der Waals surface area contributed by atoms with Gasteiger partial charge < -0.3 is 9.47 Å². The van der Waals surface area contributed by atoms with Crippen LogP contribution < -0.4 is 0 Å². The Kier molecular flexibility index (Phi) is 32.7. The van der Waals surface area contributed by atoms with E-state index in [9.17, 15) is 9.59 Å². The molecule has 1 aliphatic carbocycles. The molecule has 4 nitrogen and oxygen atoms in total. The molecule has 0 aromatic carbocycles. The van der Waals surface area contributed by atoms with Gasteiger partial charge in [0.05, 0.1) is 25.0 Å². The summed E-state index contributed by atoms with van der Waals surface area (Å²) in [5.41, 5.74) is 0. The summed E-state index contributed by atoms with van der Waals surface area (Å²) in [6.07, 6.45) is 47.2. The van der Waals surface area contributed by atoms with Gasteiger partial charge in [0.25, 0.3) is 0 Å². The van der Waals surface area contributed by atoms with Crippen molar-refractivity contribution in [2.24, 2.45) is 17.8 Å². The molecule has 3 unspecified atom stereocenters. The molecule has 288 valence electrons. The zero-order valence-electron chi connectivity index (χ0n) is 33.3. The fourth-order valence-corrected chi connectivity index (χ4v) is 7.54. The van der Waals surface area contributed by atoms with Crippen molar-refractivity contribution in [3.63, 3.8) is 0 Å². The first-order chi connectivity index (χ1) is 24.1. The third kappa shape index (κ3) is 27.1. The molecule has 3 atom stereocenters. The van der Waals surface area contributed by atoms with E-state index in [2.05, 4.69) is 19.9 Å². The Hall–Kier alpha value is -1.32. The Morgan fingerprint density at radius 2 is 0.735 bits per heavy atom. The molecule has 1 rings (SSSR count). The predicted octanol–water partition coefficient (Wildman–Crippen LogP) is 14.4. The third-order valence-electron chi connectivity index (χ3n) is 10.9. The van der Waals surface area contributed by atoms with Crippen molar-refractivity contribution in [1.82, 2.24) is 0 Å². The van der Waals surface area contributed by atoms with Gasteiger partial charge >= 0.3 is 11.9 Å². The molecule has 4 heteroatoms. The molecule has 0 N–H and O–H groups in total. The van der Waals surface area contributed by atoms with E-state index >= 15 is 0 Å². The second-order valence-electron chi connectivity index (χ2n) is 15.6. The topological polar surface area (TPSA) is 52.6 Å². The van der Waals surface area contributed by atoms with Gasteiger partial charge in [-0.3, -0.25) is 9.59 Å². The molecular formula is C45H84O4. The molecule has 1 aliphatic rings. The molecular weight excluding hydrogens is 604 g/mol. The van der Waals surface area contributed by atoms with Gasteiger partial charge in [0, 0.05) is 0 Å². The van der Waals surface area contributed by atoms with Gasteiger partial charge in [0.15, 0.2) is 0 Å². The van der Waals surface area contributed by atoms with Crippen LogP contribution in [0.15, 0.2) is 12.2 Å². The number of carbonyl (C=O) groups excluding carboxylic acids is 2. The second-order valence-corrected chi connectivity index (χ2v) is 15.6. The lowest BCUT2D eigenvalue weighted by Crippen LogP contribution is -2.38. The third-order valence-corrected chi connectivity index (χ3v) is 10.9. The fraction of sp³-hybridized carbons (Fsp3) is 0.911. The highest BCUT2D eigenvalue weighted by atomic mass is 16.5. The molecule has 0 amide bonds. The molecule has 0 saturated carbocycles. The van der Waals surface area contributed by atoms with Gasteiger partial charge in [-0.25, -0.2) is 0 Å². The summed E-state index contributed by atoms with van der Waals surface area (Å²) in [7, 11) is 0. The smallest absolute Gasteiger partial charge is 0.310 e. The maximum atomic E-state index is 13.1. The number of carbonyl (C=O) groups is 2. The first-order valence-corrected chi connectivity index (χ1v) is 22.1. The molecule has 0 spiro atoms. The Labute approximate surface area is 306 Å². The van der Waals surface area contributed by atoms with Crippen LogP contribution in [0.1, 0.15) is 233 Å². The van der Waals surface area contributed by atoms with E-state index in [-0.39, 0.29) is 17.9 Å². The summed E-state index contributed by atoms with van der Waals surface area (Å²) < 4.78 is 11.4. The minimum Gasteiger partial charge on any atom is -0.465 e. The average molecular weight is 689 g/mol. The summed E-state index contributed by atoms with van der Waals surface area (Å²) in [5, 5.41) is 0. The largest absolute Gasteiger partial charge is 0.465 e. The van der Waals surface area contributed by atoms with Gasteiger partial charge in [0.1, 0.15) is 0 Å². The number of hydrogen-bond donors (Lipinski definition) is 0. The van der Waals surface area contributed by atoms with Gasteiger partial charge in [-0.05, 0) is 25.2 Å². The van der Waals surface area contributed by atoms with Gasteiger partial charge in [0.2, 0.25) is 0 Å². The molecule has 0 saturated heterocycles. The lowest BCUT2D eigenvalue weighted by molar-refractivity contribution is -0.162. The second kappa shape index (κ2) is 35.1. The van der Waals surface area contributed by atoms with Crippen molar-refractivity contribution in [1.29, 1.82) is 0 Å². The van der Waals surface area contributed by atoms with E-state index in [4.69, 9.17) is 9.47 Å². The molecule has 0 aromatic rings. The van der Waals surface area contributed by atoms with Crippen molar-refractivity contribution in [2.45, 2.75) is 233 Å². The first-order valence-electron chi connectivity index (χ1n) is 22.1. The highest BCUT2D eigenvalue weighted by Gasteiger charge is 2.40. The van der Waals surface area contributed by atoms with Crippen molar-refractivity contribution < 1.29 is 19.1 Å². The number of unbranched alkanes of at least 4 members (excludes halogenated alkanes) is 30. The molecule has 0 fully saturated rings. The standard InChI is InChI=1S/C45H84O4/c1-4-6-8-10-12-14-16-18-20-22-24-26-28-30-32-34-39-48-44(46)42-38-36-37-41(3)43(42)45(47)49-40-35-33-31-29-27-25-23-21-19-17-15-13-11-9-7-5-2/h36-37,41-43H,4-35,38-40H2,1-3H3. The highest BCUT2D eigenvalue weighted by Crippen LogP contribution is 2.32. The lowest BCUT2D eigenvalue weighted by Gasteiger charge is -2.30. The van der Waals surface area contributed by atoms with Crippen LogP contribution in [0.3, 0.4) is 0 Å². The van der Waals surface area contributed by atoms with E-state index in [0.29, 0.717) is 19.6 Å². The van der Waals surface area contributed by atoms with Crippen LogP contribution in [0.4, 0.5) is 0 Å². The Balaban J connectivity index is 2.01. The van der Waals surface area contributed by atoms with Crippen LogP contribution in [0, 0.1) is 17.8 Å². The van der Waals surface area contributed by atoms with E-state index in [0.717, 1.165) is 25.7 Å². The van der Waals surface area contributed by atoms with Gasteiger partial charge in [-0.2, -0.15) is 0 Å². The number of esters is 2. The maximum Gasteiger partial charge on any atom is 0.310 e. The normalized spacial score (nSPS) is 17.4. The van der Waals surface area contributed by atoms with Gasteiger partial charge in [-0.1, -0.05) is 226 Å². The van der Waals surface area contributed by atoms with Crippen LogP contribution in [0.25, 0.3) is 0 Å². The van der Waals surface area contributed by atoms with E-state index in [1.165, 1.54) is 180 Å². The van der Waals surface area contributed by atoms with Crippen LogP contribution in [-0.4, -0.2) is 25.2 Å². The summed E-state index contributed by atoms with van der Waals surface area (Å²) in [6, 6.07) is 0. The van der Waals surface area contributed by atoms with Crippen LogP contribution >= 0.6 is 0 Å². The number of rotatable bonds is 36. The van der Waals surface area contributed by atoms with Crippen molar-refractivity contribution in [3.05, 3.63) is 12.2 Å². The molecule has 49 heavy (non-hydrogen) atoms. The zero-order valence-corrected chi connectivity index (χ0v) is 33.3. The maximum absolute atomic E-state index is 13.1. The first kappa shape index (κ1) is 45.7. The number of ether oxygens (including phenoxy) is 2. The van der Waals surface area contributed by atoms with E-state index in [1.54, 1.807) is 0 Å². The predicted molar refractivity (Wildman–Crippen MR) is 211 cm³/mol. The quantitative estimate of drug-likeness (QED) is 0.0373. The highest BCUT2D eigenvalue weighted by molar-refractivity contribution is 5.83. The van der Waals surface area contributed by atoms with Crippen molar-refractivity contribution >= 4 is 11.9 Å². The Bertz CT molecular complexity index is 761. The zero-order chi connectivity index (χ0) is 35.5. The summed E-state index contributed by atoms with van der Waals surface area (Å²) in [5.74, 6) is -1.28. The monoisotopic (exact) mass is 689 g/mol. The number of hydrogen-bond acceptors (Lipinski definition) is 4. The molecule has 0 radical (unpaired) electrons. The molecule has 0 bridgehead atoms. The van der Waals surface area contributed by atoms with Crippen LogP contribution in [-0.2, 0) is 19.1 Å².